The first-order valence-electron chi connectivity index (χ1n) is 8.08. The van der Waals surface area contributed by atoms with Crippen molar-refractivity contribution in [1.29, 1.82) is 0 Å². The first-order chi connectivity index (χ1) is 11.9. The maximum absolute atomic E-state index is 12.8. The van der Waals surface area contributed by atoms with Gasteiger partial charge in [0.2, 0.25) is 10.0 Å². The Kier molecular flexibility index (Phi) is 5.36. The summed E-state index contributed by atoms with van der Waals surface area (Å²) in [4.78, 5) is 0.218. The molecule has 0 unspecified atom stereocenters. The summed E-state index contributed by atoms with van der Waals surface area (Å²) in [6.45, 7) is 2.53. The fourth-order valence-corrected chi connectivity index (χ4v) is 4.65. The first-order valence-corrected chi connectivity index (χ1v) is 10.3. The summed E-state index contributed by atoms with van der Waals surface area (Å²) in [7, 11) is -3.54. The Bertz CT molecular complexity index is 844. The molecule has 1 aliphatic heterocycles. The number of ether oxygens (including phenoxy) is 1. The van der Waals surface area contributed by atoms with E-state index >= 15 is 0 Å². The quantitative estimate of drug-likeness (QED) is 0.810. The van der Waals surface area contributed by atoms with Crippen molar-refractivity contribution in [3.8, 4) is 11.5 Å². The largest absolute Gasteiger partial charge is 0.508 e. The lowest BCUT2D eigenvalue weighted by Crippen LogP contribution is -2.41. The highest BCUT2D eigenvalue weighted by molar-refractivity contribution is 9.10. The highest BCUT2D eigenvalue weighted by atomic mass is 79.9. The number of halogens is 1. The van der Waals surface area contributed by atoms with E-state index in [4.69, 9.17) is 4.74 Å². The summed E-state index contributed by atoms with van der Waals surface area (Å²) < 4.78 is 33.9. The molecule has 0 aliphatic carbocycles. The molecule has 25 heavy (non-hydrogen) atoms. The smallest absolute Gasteiger partial charge is 0.243 e. The molecule has 0 bridgehead atoms. The monoisotopic (exact) mass is 425 g/mol. The molecule has 1 heterocycles. The Morgan fingerprint density at radius 3 is 2.36 bits per heavy atom. The lowest BCUT2D eigenvalue weighted by molar-refractivity contribution is 0.135. The molecule has 0 amide bonds. The fraction of sp³-hybridized carbons (Fsp3) is 0.333. The average Bonchev–Trinajstić information content (AvgIpc) is 2.60. The minimum atomic E-state index is -3.54. The van der Waals surface area contributed by atoms with Crippen molar-refractivity contribution in [2.75, 3.05) is 13.1 Å². The Labute approximate surface area is 156 Å². The van der Waals surface area contributed by atoms with Crippen molar-refractivity contribution in [3.05, 3.63) is 52.5 Å². The van der Waals surface area contributed by atoms with Gasteiger partial charge in [-0.05, 0) is 67.8 Å². The van der Waals surface area contributed by atoms with Gasteiger partial charge in [0.05, 0.1) is 4.90 Å². The third kappa shape index (κ3) is 4.16. The fourth-order valence-electron chi connectivity index (χ4n) is 2.83. The highest BCUT2D eigenvalue weighted by Gasteiger charge is 2.30. The number of aromatic hydroxyl groups is 1. The normalized spacial score (nSPS) is 16.7. The molecule has 0 saturated carbocycles. The van der Waals surface area contributed by atoms with Gasteiger partial charge in [-0.2, -0.15) is 4.31 Å². The molecule has 2 aromatic carbocycles. The SMILES string of the molecule is Cc1cc(S(=O)(=O)N2CCC(Oc3ccc(Br)cc3)CC2)ccc1O. The summed E-state index contributed by atoms with van der Waals surface area (Å²) in [5.41, 5.74) is 0.550. The van der Waals surface area contributed by atoms with Crippen LogP contribution in [0.2, 0.25) is 0 Å². The zero-order valence-electron chi connectivity index (χ0n) is 13.9. The van der Waals surface area contributed by atoms with Crippen molar-refractivity contribution >= 4 is 26.0 Å². The van der Waals surface area contributed by atoms with Crippen LogP contribution in [0.3, 0.4) is 0 Å². The van der Waals surface area contributed by atoms with Crippen LogP contribution in [-0.2, 0) is 10.0 Å². The van der Waals surface area contributed by atoms with Gasteiger partial charge in [0.25, 0.3) is 0 Å². The van der Waals surface area contributed by atoms with Crippen LogP contribution >= 0.6 is 15.9 Å². The van der Waals surface area contributed by atoms with Crippen molar-refractivity contribution < 1.29 is 18.3 Å². The van der Waals surface area contributed by atoms with Gasteiger partial charge in [0.15, 0.2) is 0 Å². The first kappa shape index (κ1) is 18.2. The van der Waals surface area contributed by atoms with Crippen LogP contribution in [0.4, 0.5) is 0 Å². The van der Waals surface area contributed by atoms with Gasteiger partial charge in [-0.1, -0.05) is 15.9 Å². The third-order valence-corrected chi connectivity index (χ3v) is 6.75. The number of hydrogen-bond acceptors (Lipinski definition) is 4. The van der Waals surface area contributed by atoms with Gasteiger partial charge in [0.1, 0.15) is 17.6 Å². The second-order valence-corrected chi connectivity index (χ2v) is 8.98. The van der Waals surface area contributed by atoms with E-state index < -0.39 is 10.0 Å². The summed E-state index contributed by atoms with van der Waals surface area (Å²) in [6, 6.07) is 12.0. The molecule has 1 fully saturated rings. The van der Waals surface area contributed by atoms with Crippen LogP contribution in [0.1, 0.15) is 18.4 Å². The topological polar surface area (TPSA) is 66.8 Å². The number of benzene rings is 2. The molecule has 0 spiro atoms. The van der Waals surface area contributed by atoms with Crippen LogP contribution in [0.25, 0.3) is 0 Å². The third-order valence-electron chi connectivity index (χ3n) is 4.32. The molecule has 2 aromatic rings. The Morgan fingerprint density at radius 1 is 1.12 bits per heavy atom. The summed E-state index contributed by atoms with van der Waals surface area (Å²) in [5.74, 6) is 0.888. The molecule has 1 N–H and O–H groups in total. The molecular weight excluding hydrogens is 406 g/mol. The van der Waals surface area contributed by atoms with Crippen molar-refractivity contribution in [2.45, 2.75) is 30.8 Å². The van der Waals surface area contributed by atoms with Gasteiger partial charge in [0, 0.05) is 17.6 Å². The molecule has 0 radical (unpaired) electrons. The molecule has 3 rings (SSSR count). The lowest BCUT2D eigenvalue weighted by Gasteiger charge is -2.31. The number of nitrogens with zero attached hydrogens (tertiary/aromatic N) is 1. The average molecular weight is 426 g/mol. The predicted molar refractivity (Wildman–Crippen MR) is 99.4 cm³/mol. The van der Waals surface area contributed by atoms with E-state index in [1.54, 1.807) is 6.92 Å². The maximum Gasteiger partial charge on any atom is 0.243 e. The standard InChI is InChI=1S/C18H20BrNO4S/c1-13-12-17(6-7-18(13)21)25(22,23)20-10-8-16(9-11-20)24-15-4-2-14(19)3-5-15/h2-7,12,16,21H,8-11H2,1H3. The second-order valence-electron chi connectivity index (χ2n) is 6.12. The number of phenols is 1. The molecule has 5 nitrogen and oxygen atoms in total. The van der Waals surface area contributed by atoms with Crippen molar-refractivity contribution in [1.82, 2.24) is 4.31 Å². The molecule has 1 aliphatic rings. The van der Waals surface area contributed by atoms with Gasteiger partial charge in [-0.15, -0.1) is 0 Å². The van der Waals surface area contributed by atoms with E-state index in [-0.39, 0.29) is 16.7 Å². The number of piperidine rings is 1. The summed E-state index contributed by atoms with van der Waals surface area (Å²) in [6.07, 6.45) is 1.30. The van der Waals surface area contributed by atoms with Gasteiger partial charge in [-0.25, -0.2) is 8.42 Å². The Balaban J connectivity index is 1.64. The highest BCUT2D eigenvalue weighted by Crippen LogP contribution is 2.27. The van der Waals surface area contributed by atoms with E-state index in [1.807, 2.05) is 24.3 Å². The number of phenolic OH excluding ortho intramolecular Hbond substituents is 1. The molecular formula is C18H20BrNO4S. The molecule has 1 saturated heterocycles. The van der Waals surface area contributed by atoms with Gasteiger partial charge in [-0.3, -0.25) is 0 Å². The second kappa shape index (κ2) is 7.35. The minimum Gasteiger partial charge on any atom is -0.508 e. The van der Waals surface area contributed by atoms with Crippen LogP contribution in [0.15, 0.2) is 51.8 Å². The molecule has 0 aromatic heterocycles. The molecule has 134 valence electrons. The van der Waals surface area contributed by atoms with E-state index in [1.165, 1.54) is 22.5 Å². The van der Waals surface area contributed by atoms with E-state index in [9.17, 15) is 13.5 Å². The minimum absolute atomic E-state index is 0.00850. The predicted octanol–water partition coefficient (Wildman–Crippen LogP) is 3.70. The molecule has 7 heteroatoms. The summed E-state index contributed by atoms with van der Waals surface area (Å²) >= 11 is 3.39. The van der Waals surface area contributed by atoms with Gasteiger partial charge < -0.3 is 9.84 Å². The lowest BCUT2D eigenvalue weighted by atomic mass is 10.1. The molecule has 0 atom stereocenters. The Morgan fingerprint density at radius 2 is 1.76 bits per heavy atom. The van der Waals surface area contributed by atoms with Crippen LogP contribution in [-0.4, -0.2) is 37.0 Å². The number of sulfonamides is 1. The van der Waals surface area contributed by atoms with Crippen LogP contribution in [0.5, 0.6) is 11.5 Å². The number of aryl methyl sites for hydroxylation is 1. The number of hydrogen-bond donors (Lipinski definition) is 1. The van der Waals surface area contributed by atoms with Crippen molar-refractivity contribution in [3.63, 3.8) is 0 Å². The van der Waals surface area contributed by atoms with Gasteiger partial charge >= 0.3 is 0 Å². The summed E-state index contributed by atoms with van der Waals surface area (Å²) in [5, 5.41) is 9.58. The zero-order valence-corrected chi connectivity index (χ0v) is 16.3. The maximum atomic E-state index is 12.8. The van der Waals surface area contributed by atoms with E-state index in [0.717, 1.165) is 10.2 Å². The Hall–Kier alpha value is -1.57. The van der Waals surface area contributed by atoms with Crippen LogP contribution in [0, 0.1) is 6.92 Å². The van der Waals surface area contributed by atoms with E-state index in [0.29, 0.717) is 31.5 Å². The van der Waals surface area contributed by atoms with Crippen LogP contribution < -0.4 is 4.74 Å². The zero-order chi connectivity index (χ0) is 18.0. The van der Waals surface area contributed by atoms with E-state index in [2.05, 4.69) is 15.9 Å². The van der Waals surface area contributed by atoms with Crippen molar-refractivity contribution in [2.24, 2.45) is 0 Å². The number of rotatable bonds is 4.